The number of hydrogen-bond acceptors (Lipinski definition) is 2. The van der Waals surface area contributed by atoms with Crippen LogP contribution in [0.5, 0.6) is 0 Å². The lowest BCUT2D eigenvalue weighted by molar-refractivity contribution is 1.27. The zero-order valence-corrected chi connectivity index (χ0v) is 39.1. The number of anilines is 6. The maximum Gasteiger partial charge on any atom is 0.0462 e. The summed E-state index contributed by atoms with van der Waals surface area (Å²) in [5, 5.41) is 2.26. The van der Waals surface area contributed by atoms with Gasteiger partial charge in [0.05, 0.1) is 0 Å². The highest BCUT2D eigenvalue weighted by molar-refractivity contribution is 6.31. The van der Waals surface area contributed by atoms with Crippen molar-refractivity contribution in [2.45, 2.75) is 42.0 Å². The predicted molar refractivity (Wildman–Crippen MR) is 285 cm³/mol. The highest BCUT2D eigenvalue weighted by atomic mass is 35.5. The Kier molecular flexibility index (Phi) is 16.9. The maximum atomic E-state index is 6.01. The second-order valence-corrected chi connectivity index (χ2v) is 17.2. The summed E-state index contributed by atoms with van der Waals surface area (Å²) >= 11 is 17.7. The third-order valence-electron chi connectivity index (χ3n) is 10.7. The first-order valence-corrected chi connectivity index (χ1v) is 22.4. The van der Waals surface area contributed by atoms with Gasteiger partial charge in [-0.15, -0.1) is 0 Å². The van der Waals surface area contributed by atoms with Crippen LogP contribution in [0.15, 0.2) is 218 Å². The lowest BCUT2D eigenvalue weighted by atomic mass is 10.0. The Morgan fingerprint density at radius 3 is 0.800 bits per heavy atom. The smallest absolute Gasteiger partial charge is 0.0462 e. The molecule has 0 atom stereocenters. The van der Waals surface area contributed by atoms with E-state index in [9.17, 15) is 0 Å². The SMILES string of the molecule is C.Cc1ccc(N(c2ccc(-c3cccc(C)c3)cc2)c2ccc(-c3cccc(C)c3)cc2)cc1.Cc1ccc(N(c2ccc(Cl)cc2)c2ccc(Cl)cc2)cc1.Cc1cccc(Cl)c1. The van der Waals surface area contributed by atoms with Crippen LogP contribution in [0, 0.1) is 34.6 Å². The van der Waals surface area contributed by atoms with Crippen molar-refractivity contribution in [1.82, 2.24) is 0 Å². The van der Waals surface area contributed by atoms with Gasteiger partial charge in [0.15, 0.2) is 0 Å². The summed E-state index contributed by atoms with van der Waals surface area (Å²) in [6.07, 6.45) is 0. The first-order chi connectivity index (χ1) is 31.0. The lowest BCUT2D eigenvalue weighted by Crippen LogP contribution is -2.09. The summed E-state index contributed by atoms with van der Waals surface area (Å²) in [5.41, 5.74) is 17.8. The van der Waals surface area contributed by atoms with Crippen molar-refractivity contribution in [3.05, 3.63) is 261 Å². The second-order valence-electron chi connectivity index (χ2n) is 15.9. The van der Waals surface area contributed by atoms with Crippen LogP contribution in [0.2, 0.25) is 15.1 Å². The van der Waals surface area contributed by atoms with Crippen molar-refractivity contribution in [2.24, 2.45) is 0 Å². The van der Waals surface area contributed by atoms with Crippen LogP contribution in [0.3, 0.4) is 0 Å². The maximum absolute atomic E-state index is 6.01. The third-order valence-corrected chi connectivity index (χ3v) is 11.4. The molecule has 0 aliphatic heterocycles. The first kappa shape index (κ1) is 47.9. The van der Waals surface area contributed by atoms with Crippen LogP contribution in [0.25, 0.3) is 22.3 Å². The van der Waals surface area contributed by atoms with Crippen molar-refractivity contribution in [3.63, 3.8) is 0 Å². The van der Waals surface area contributed by atoms with Crippen LogP contribution in [0.1, 0.15) is 35.2 Å². The van der Waals surface area contributed by atoms with Crippen molar-refractivity contribution < 1.29 is 0 Å². The Hall–Kier alpha value is -6.55. The molecule has 65 heavy (non-hydrogen) atoms. The molecule has 9 aromatic rings. The standard InChI is InChI=1S/C33H29N.C19H15Cl2N.C7H7Cl.CH4/c1-24-10-16-31(17-11-24)34(32-18-12-27(13-19-32)29-8-4-6-25(2)22-29)33-20-14-28(15-21-33)30-9-5-7-26(3)23-30;1-14-2-8-17(9-3-14)22(18-10-4-15(20)5-11-18)19-12-6-16(21)7-13-19;1-6-3-2-4-7(8)5-6;/h4-23H,1-3H3;2-13H,1H3;2-5H,1H3;1H4. The van der Waals surface area contributed by atoms with E-state index in [4.69, 9.17) is 34.8 Å². The zero-order valence-electron chi connectivity index (χ0n) is 36.8. The molecule has 0 bridgehead atoms. The molecule has 0 fully saturated rings. The van der Waals surface area contributed by atoms with Crippen LogP contribution >= 0.6 is 34.8 Å². The Balaban J connectivity index is 0.000000192. The molecule has 0 spiro atoms. The molecule has 0 aliphatic carbocycles. The van der Waals surface area contributed by atoms with Crippen LogP contribution in [-0.4, -0.2) is 0 Å². The molecule has 0 amide bonds. The second kappa shape index (κ2) is 22.9. The Bertz CT molecular complexity index is 2660. The van der Waals surface area contributed by atoms with E-state index in [1.54, 1.807) is 0 Å². The van der Waals surface area contributed by atoms with E-state index in [0.29, 0.717) is 0 Å². The Labute approximate surface area is 402 Å². The van der Waals surface area contributed by atoms with Crippen LogP contribution in [0.4, 0.5) is 34.1 Å². The fraction of sp³-hybridized carbons (Fsp3) is 0.100. The molecular weight excluding hydrogens is 855 g/mol. The topological polar surface area (TPSA) is 6.48 Å². The number of aryl methyl sites for hydroxylation is 5. The van der Waals surface area contributed by atoms with Crippen LogP contribution in [-0.2, 0) is 0 Å². The number of rotatable bonds is 8. The summed E-state index contributed by atoms with van der Waals surface area (Å²) in [4.78, 5) is 4.49. The lowest BCUT2D eigenvalue weighted by Gasteiger charge is -2.26. The Morgan fingerprint density at radius 1 is 0.246 bits per heavy atom. The fourth-order valence-electron chi connectivity index (χ4n) is 7.32. The summed E-state index contributed by atoms with van der Waals surface area (Å²) < 4.78 is 0. The van der Waals surface area contributed by atoms with E-state index in [-0.39, 0.29) is 7.43 Å². The number of halogens is 3. The highest BCUT2D eigenvalue weighted by Gasteiger charge is 2.14. The predicted octanol–water partition coefficient (Wildman–Crippen LogP) is 19.5. The van der Waals surface area contributed by atoms with E-state index < -0.39 is 0 Å². The van der Waals surface area contributed by atoms with E-state index in [1.165, 1.54) is 50.1 Å². The summed E-state index contributed by atoms with van der Waals surface area (Å²) in [5.74, 6) is 0. The zero-order chi connectivity index (χ0) is 45.0. The molecule has 0 aromatic heterocycles. The molecule has 0 N–H and O–H groups in total. The summed E-state index contributed by atoms with van der Waals surface area (Å²) in [6.45, 7) is 10.5. The van der Waals surface area contributed by atoms with Crippen molar-refractivity contribution >= 4 is 68.9 Å². The molecule has 326 valence electrons. The van der Waals surface area contributed by atoms with Crippen molar-refractivity contribution in [1.29, 1.82) is 0 Å². The average molecular weight is 910 g/mol. The van der Waals surface area contributed by atoms with Crippen molar-refractivity contribution in [2.75, 3.05) is 9.80 Å². The largest absolute Gasteiger partial charge is 0.311 e. The quantitative estimate of drug-likeness (QED) is 0.150. The number of nitrogens with zero attached hydrogens (tertiary/aromatic N) is 2. The van der Waals surface area contributed by atoms with Gasteiger partial charge in [-0.25, -0.2) is 0 Å². The van der Waals surface area contributed by atoms with Gasteiger partial charge in [0.2, 0.25) is 0 Å². The van der Waals surface area contributed by atoms with Gasteiger partial charge in [-0.3, -0.25) is 0 Å². The molecule has 0 unspecified atom stereocenters. The minimum absolute atomic E-state index is 0. The molecule has 5 heteroatoms. The van der Waals surface area contributed by atoms with Gasteiger partial charge in [0.1, 0.15) is 0 Å². The van der Waals surface area contributed by atoms with Gasteiger partial charge < -0.3 is 9.80 Å². The van der Waals surface area contributed by atoms with Gasteiger partial charge in [-0.1, -0.05) is 174 Å². The molecule has 0 saturated carbocycles. The summed E-state index contributed by atoms with van der Waals surface area (Å²) in [7, 11) is 0. The van der Waals surface area contributed by atoms with Crippen LogP contribution < -0.4 is 9.80 Å². The number of hydrogen-bond donors (Lipinski definition) is 0. The minimum atomic E-state index is 0. The molecule has 0 saturated heterocycles. The third kappa shape index (κ3) is 13.3. The molecule has 0 radical (unpaired) electrons. The van der Waals surface area contributed by atoms with Gasteiger partial charge >= 0.3 is 0 Å². The minimum Gasteiger partial charge on any atom is -0.311 e. The Morgan fingerprint density at radius 2 is 0.523 bits per heavy atom. The van der Waals surface area contributed by atoms with Gasteiger partial charge in [0, 0.05) is 49.2 Å². The molecule has 0 heterocycles. The van der Waals surface area contributed by atoms with Gasteiger partial charge in [-0.05, 0) is 172 Å². The first-order valence-electron chi connectivity index (χ1n) is 21.3. The van der Waals surface area contributed by atoms with E-state index in [1.807, 2.05) is 79.7 Å². The average Bonchev–Trinajstić information content (AvgIpc) is 3.30. The molecular formula is C60H55Cl3N2. The number of benzene rings is 9. The van der Waals surface area contributed by atoms with E-state index in [2.05, 4.69) is 183 Å². The molecule has 9 aromatic carbocycles. The normalized spacial score (nSPS) is 10.3. The van der Waals surface area contributed by atoms with Crippen molar-refractivity contribution in [3.8, 4) is 22.3 Å². The summed E-state index contributed by atoms with van der Waals surface area (Å²) in [6, 6.07) is 75.6. The van der Waals surface area contributed by atoms with E-state index in [0.717, 1.165) is 49.2 Å². The molecule has 2 nitrogen and oxygen atoms in total. The molecule has 9 rings (SSSR count). The highest BCUT2D eigenvalue weighted by Crippen LogP contribution is 2.38. The molecule has 0 aliphatic rings. The van der Waals surface area contributed by atoms with Gasteiger partial charge in [0.25, 0.3) is 0 Å². The fourth-order valence-corrected chi connectivity index (χ4v) is 7.82. The van der Waals surface area contributed by atoms with Gasteiger partial charge in [-0.2, -0.15) is 0 Å². The monoisotopic (exact) mass is 908 g/mol. The van der Waals surface area contributed by atoms with E-state index >= 15 is 0 Å².